The van der Waals surface area contributed by atoms with Crippen LogP contribution in [0.3, 0.4) is 0 Å². The lowest BCUT2D eigenvalue weighted by molar-refractivity contribution is -0.0940. The molecule has 1 aliphatic rings. The molecule has 0 bridgehead atoms. The second-order valence-corrected chi connectivity index (χ2v) is 3.24. The second-order valence-electron chi connectivity index (χ2n) is 3.24. The molecule has 1 rings (SSSR count). The maximum absolute atomic E-state index is 12.2. The third-order valence-corrected chi connectivity index (χ3v) is 2.11. The van der Waals surface area contributed by atoms with E-state index in [0.717, 1.165) is 12.0 Å². The molecule has 1 aliphatic carbocycles. The number of hydrogen-bond donors (Lipinski definition) is 0. The summed E-state index contributed by atoms with van der Waals surface area (Å²) in [7, 11) is 0. The molecule has 0 aromatic heterocycles. The minimum atomic E-state index is -4.16. The number of hydrogen-bond acceptors (Lipinski definition) is 0. The van der Waals surface area contributed by atoms with Gasteiger partial charge in [-0.05, 0) is 24.8 Å². The van der Waals surface area contributed by atoms with Crippen LogP contribution in [-0.2, 0) is 0 Å². The van der Waals surface area contributed by atoms with Gasteiger partial charge in [0.2, 0.25) is 0 Å². The molecule has 0 aromatic carbocycles. The lowest BCUT2D eigenvalue weighted by atomic mass is 9.97. The van der Waals surface area contributed by atoms with Crippen LogP contribution >= 0.6 is 0 Å². The van der Waals surface area contributed by atoms with Gasteiger partial charge in [-0.3, -0.25) is 0 Å². The summed E-state index contributed by atoms with van der Waals surface area (Å²) >= 11 is 0. The predicted molar refractivity (Wildman–Crippen MR) is 62.2 cm³/mol. The smallest absolute Gasteiger partial charge is 0.166 e. The minimum absolute atomic E-state index is 0.101. The first kappa shape index (κ1) is 15.0. The van der Waals surface area contributed by atoms with E-state index in [2.05, 4.69) is 0 Å². The molecule has 0 atom stereocenters. The van der Waals surface area contributed by atoms with Crippen LogP contribution in [0, 0.1) is 0 Å². The van der Waals surface area contributed by atoms with Crippen LogP contribution in [0.4, 0.5) is 13.2 Å². The first-order valence-electron chi connectivity index (χ1n) is 5.67. The fourth-order valence-corrected chi connectivity index (χ4v) is 1.30. The van der Waals surface area contributed by atoms with Crippen molar-refractivity contribution in [2.75, 3.05) is 0 Å². The highest BCUT2D eigenvalue weighted by Crippen LogP contribution is 2.32. The summed E-state index contributed by atoms with van der Waals surface area (Å²) in [6.07, 6.45) is 3.92. The topological polar surface area (TPSA) is 0 Å². The molecule has 0 aromatic rings. The summed E-state index contributed by atoms with van der Waals surface area (Å²) in [6.45, 7) is 6.00. The molecule has 0 saturated carbocycles. The lowest BCUT2D eigenvalue weighted by Crippen LogP contribution is -2.13. The molecule has 3 heteroatoms. The van der Waals surface area contributed by atoms with Crippen molar-refractivity contribution in [2.24, 2.45) is 0 Å². The predicted octanol–water partition coefficient (Wildman–Crippen LogP) is 5.19. The van der Waals surface area contributed by atoms with Crippen LogP contribution in [0.25, 0.3) is 0 Å². The molecule has 0 unspecified atom stereocenters. The summed E-state index contributed by atoms with van der Waals surface area (Å²) in [5.41, 5.74) is 0.547. The van der Waals surface area contributed by atoms with Crippen molar-refractivity contribution < 1.29 is 13.2 Å². The Bertz CT molecular complexity index is 280. The molecule has 0 spiro atoms. The zero-order valence-electron chi connectivity index (χ0n) is 10.1. The Morgan fingerprint density at radius 3 is 2.19 bits per heavy atom. The fourth-order valence-electron chi connectivity index (χ4n) is 1.30. The van der Waals surface area contributed by atoms with E-state index in [1.54, 1.807) is 6.08 Å². The summed E-state index contributed by atoms with van der Waals surface area (Å²) < 4.78 is 36.6. The average molecular weight is 232 g/mol. The van der Waals surface area contributed by atoms with E-state index in [9.17, 15) is 13.2 Å². The normalized spacial score (nSPS) is 16.4. The number of rotatable bonds is 2. The maximum atomic E-state index is 12.2. The van der Waals surface area contributed by atoms with Crippen molar-refractivity contribution in [3.05, 3.63) is 35.5 Å². The molecular formula is C13H19F3. The monoisotopic (exact) mass is 232 g/mol. The van der Waals surface area contributed by atoms with Crippen molar-refractivity contribution in [1.82, 2.24) is 0 Å². The van der Waals surface area contributed by atoms with Crippen molar-refractivity contribution in [2.45, 2.75) is 46.2 Å². The van der Waals surface area contributed by atoms with Crippen LogP contribution in [-0.4, -0.2) is 6.18 Å². The highest BCUT2D eigenvalue weighted by atomic mass is 19.4. The Morgan fingerprint density at radius 2 is 1.81 bits per heavy atom. The Labute approximate surface area is 95.5 Å². The Hall–Kier alpha value is -0.990. The van der Waals surface area contributed by atoms with Gasteiger partial charge in [0.25, 0.3) is 0 Å². The van der Waals surface area contributed by atoms with Crippen LogP contribution in [0.5, 0.6) is 0 Å². The van der Waals surface area contributed by atoms with Gasteiger partial charge in [0.1, 0.15) is 0 Å². The molecule has 0 aliphatic heterocycles. The minimum Gasteiger partial charge on any atom is -0.166 e. The molecule has 0 radical (unpaired) electrons. The maximum Gasteiger partial charge on any atom is 0.412 e. The third-order valence-electron chi connectivity index (χ3n) is 2.11. The van der Waals surface area contributed by atoms with E-state index < -0.39 is 11.7 Å². The van der Waals surface area contributed by atoms with Crippen LogP contribution < -0.4 is 0 Å². The third kappa shape index (κ3) is 5.19. The van der Waals surface area contributed by atoms with Gasteiger partial charge in [-0.2, -0.15) is 13.2 Å². The molecule has 92 valence electrons. The molecule has 16 heavy (non-hydrogen) atoms. The summed E-state index contributed by atoms with van der Waals surface area (Å²) in [5, 5.41) is 0. The highest BCUT2D eigenvalue weighted by molar-refractivity contribution is 5.32. The van der Waals surface area contributed by atoms with Crippen molar-refractivity contribution in [3.63, 3.8) is 0 Å². The van der Waals surface area contributed by atoms with Crippen LogP contribution in [0.15, 0.2) is 35.5 Å². The highest BCUT2D eigenvalue weighted by Gasteiger charge is 2.33. The van der Waals surface area contributed by atoms with Gasteiger partial charge in [0, 0.05) is 5.57 Å². The molecule has 0 heterocycles. The van der Waals surface area contributed by atoms with E-state index in [4.69, 9.17) is 0 Å². The Morgan fingerprint density at radius 1 is 1.19 bits per heavy atom. The summed E-state index contributed by atoms with van der Waals surface area (Å²) in [6, 6.07) is 0. The Kier molecular flexibility index (Phi) is 6.86. The molecule has 0 amide bonds. The van der Waals surface area contributed by atoms with Crippen LogP contribution in [0.2, 0.25) is 0 Å². The quantitative estimate of drug-likeness (QED) is 0.614. The van der Waals surface area contributed by atoms with Gasteiger partial charge in [0.05, 0.1) is 0 Å². The zero-order chi connectivity index (χ0) is 12.6. The summed E-state index contributed by atoms with van der Waals surface area (Å²) in [4.78, 5) is 0. The fraction of sp³-hybridized carbons (Fsp3) is 0.538. The van der Waals surface area contributed by atoms with Gasteiger partial charge in [0.15, 0.2) is 0 Å². The number of halogens is 3. The van der Waals surface area contributed by atoms with Crippen molar-refractivity contribution in [3.8, 4) is 0 Å². The van der Waals surface area contributed by atoms with Crippen molar-refractivity contribution >= 4 is 0 Å². The van der Waals surface area contributed by atoms with E-state index in [0.29, 0.717) is 6.42 Å². The zero-order valence-corrected chi connectivity index (χ0v) is 10.1. The van der Waals surface area contributed by atoms with Gasteiger partial charge in [-0.1, -0.05) is 45.1 Å². The van der Waals surface area contributed by atoms with E-state index in [-0.39, 0.29) is 6.42 Å². The molecule has 0 N–H and O–H groups in total. The van der Waals surface area contributed by atoms with Gasteiger partial charge in [-0.15, -0.1) is 0 Å². The largest absolute Gasteiger partial charge is 0.412 e. The number of allylic oxidation sites excluding steroid dienone is 6. The SMILES string of the molecule is CC.CC/C=C\C1=CC=C(C(F)(F)F)CC1. The van der Waals surface area contributed by atoms with E-state index in [1.165, 1.54) is 6.08 Å². The lowest BCUT2D eigenvalue weighted by Gasteiger charge is -2.15. The van der Waals surface area contributed by atoms with Gasteiger partial charge < -0.3 is 0 Å². The molecule has 0 fully saturated rings. The standard InChI is InChI=1S/C11H13F3.C2H6/c1-2-3-4-9-5-7-10(8-6-9)11(12,13)14;1-2/h3-5,7H,2,6,8H2,1H3;1-2H3/b4-3-;. The average Bonchev–Trinajstić information content (AvgIpc) is 2.28. The number of alkyl halides is 3. The van der Waals surface area contributed by atoms with E-state index >= 15 is 0 Å². The van der Waals surface area contributed by atoms with Gasteiger partial charge >= 0.3 is 6.18 Å². The van der Waals surface area contributed by atoms with Crippen molar-refractivity contribution in [1.29, 1.82) is 0 Å². The first-order valence-corrected chi connectivity index (χ1v) is 5.67. The summed E-state index contributed by atoms with van der Waals surface area (Å²) in [5.74, 6) is 0. The molecule has 0 saturated heterocycles. The molecular weight excluding hydrogens is 213 g/mol. The molecule has 0 nitrogen and oxygen atoms in total. The van der Waals surface area contributed by atoms with E-state index in [1.807, 2.05) is 32.9 Å². The van der Waals surface area contributed by atoms with Gasteiger partial charge in [-0.25, -0.2) is 0 Å². The first-order chi connectivity index (χ1) is 7.54. The second kappa shape index (κ2) is 7.31. The Balaban J connectivity index is 0.00000106. The van der Waals surface area contributed by atoms with Crippen LogP contribution in [0.1, 0.15) is 40.0 Å².